The third-order valence-electron chi connectivity index (χ3n) is 11.6. The number of ketones is 1. The predicted octanol–water partition coefficient (Wildman–Crippen LogP) is 9.55. The lowest BCUT2D eigenvalue weighted by Gasteiger charge is -2.52. The number of hydrogen-bond acceptors (Lipinski definition) is 21. The summed E-state index contributed by atoms with van der Waals surface area (Å²) in [6.07, 6.45) is -2.41. The van der Waals surface area contributed by atoms with Gasteiger partial charge in [0.25, 0.3) is 0 Å². The molecule has 3 rings (SSSR count). The smallest absolute Gasteiger partial charge is 0.184 e. The van der Waals surface area contributed by atoms with Crippen LogP contribution in [0.3, 0.4) is 0 Å². The summed E-state index contributed by atoms with van der Waals surface area (Å²) in [5.41, 5.74) is 4.58. The normalized spacial score (nSPS) is 32.7. The van der Waals surface area contributed by atoms with Gasteiger partial charge in [-0.15, -0.1) is 35.3 Å². The molecule has 78 heavy (non-hydrogen) atoms. The van der Waals surface area contributed by atoms with Crippen LogP contribution in [0.4, 0.5) is 0 Å². The average Bonchev–Trinajstić information content (AvgIpc) is 3.23. The molecule has 3 aliphatic rings. The monoisotopic (exact) mass is 1320 g/mol. The number of aliphatic hydroxyl groups is 4. The summed E-state index contributed by atoms with van der Waals surface area (Å²) in [4.78, 5) is 12.4. The van der Waals surface area contributed by atoms with Gasteiger partial charge in [-0.05, 0) is 195 Å². The van der Waals surface area contributed by atoms with Gasteiger partial charge in [0.1, 0.15) is 102 Å². The van der Waals surface area contributed by atoms with Crippen LogP contribution < -0.4 is 5.73 Å². The zero-order valence-electron chi connectivity index (χ0n) is 52.5. The third-order valence-corrected chi connectivity index (χ3v) is 21.7. The number of thioether (sulfide) groups is 3. The van der Waals surface area contributed by atoms with E-state index in [2.05, 4.69) is 178 Å². The molecule has 0 bridgehead atoms. The van der Waals surface area contributed by atoms with Crippen molar-refractivity contribution >= 4 is 117 Å². The number of hydrogen-bond donors (Lipinski definition) is 5. The van der Waals surface area contributed by atoms with Crippen LogP contribution in [0.25, 0.3) is 0 Å². The van der Waals surface area contributed by atoms with E-state index < -0.39 is 118 Å². The highest BCUT2D eigenvalue weighted by Gasteiger charge is 2.56. The summed E-state index contributed by atoms with van der Waals surface area (Å²) >= 11 is 4.47. The van der Waals surface area contributed by atoms with Gasteiger partial charge in [0, 0.05) is 0 Å². The van der Waals surface area contributed by atoms with E-state index >= 15 is 0 Å². The fourth-order valence-corrected chi connectivity index (χ4v) is 19.7. The molecule has 0 aliphatic carbocycles. The molecule has 0 saturated carbocycles. The van der Waals surface area contributed by atoms with Crippen LogP contribution >= 0.6 is 53.3 Å². The van der Waals surface area contributed by atoms with Crippen molar-refractivity contribution in [3.63, 3.8) is 0 Å². The second kappa shape index (κ2) is 32.2. The molecule has 462 valence electrons. The van der Waals surface area contributed by atoms with Crippen molar-refractivity contribution < 1.29 is 70.4 Å². The van der Waals surface area contributed by atoms with E-state index in [1.807, 2.05) is 6.26 Å². The largest absolute Gasteiger partial charge is 0.413 e. The Balaban J connectivity index is 0.000000617. The van der Waals surface area contributed by atoms with Crippen molar-refractivity contribution in [2.45, 2.75) is 278 Å². The van der Waals surface area contributed by atoms with E-state index in [0.717, 1.165) is 0 Å². The van der Waals surface area contributed by atoms with Gasteiger partial charge in [0.05, 0.1) is 18.2 Å². The van der Waals surface area contributed by atoms with Crippen LogP contribution in [0, 0.1) is 0 Å². The predicted molar refractivity (Wildman–Crippen MR) is 347 cm³/mol. The molecule has 0 aromatic carbocycles. The Labute approximate surface area is 496 Å². The summed E-state index contributed by atoms with van der Waals surface area (Å²) < 4.78 is 74.3. The number of rotatable bonds is 25. The molecular weight excluding hydrogens is 1210 g/mol. The highest BCUT2D eigenvalue weighted by molar-refractivity contribution is 7.99. The second-order valence-electron chi connectivity index (χ2n) is 27.3. The number of aliphatic hydroxyl groups excluding tert-OH is 4. The minimum Gasteiger partial charge on any atom is -0.413 e. The van der Waals surface area contributed by atoms with Crippen LogP contribution in [0.15, 0.2) is 9.49 Å². The molecule has 3 fully saturated rings. The van der Waals surface area contributed by atoms with Gasteiger partial charge in [-0.3, -0.25) is 14.3 Å². The Kier molecular flexibility index (Phi) is 32.1. The summed E-state index contributed by atoms with van der Waals surface area (Å²) in [6, 6.07) is -1.71. The molecule has 0 spiro atoms. The summed E-state index contributed by atoms with van der Waals surface area (Å²) in [5, 5.41) is 38.2. The average molecular weight is 1320 g/mol. The Morgan fingerprint density at radius 2 is 0.808 bits per heavy atom. The minimum absolute atomic E-state index is 0.0645. The van der Waals surface area contributed by atoms with E-state index in [0.29, 0.717) is 0 Å². The lowest BCUT2D eigenvalue weighted by atomic mass is 9.93. The lowest BCUT2D eigenvalue weighted by molar-refractivity contribution is -0.207. The second-order valence-corrected chi connectivity index (χ2v) is 61.9. The first kappa shape index (κ1) is 77.9. The first-order chi connectivity index (χ1) is 35.1. The van der Waals surface area contributed by atoms with Crippen LogP contribution in [0.5, 0.6) is 0 Å². The first-order valence-electron chi connectivity index (χ1n) is 27.1. The Hall–Kier alpha value is 1.84. The fourth-order valence-electron chi connectivity index (χ4n) is 8.95. The maximum Gasteiger partial charge on any atom is 0.184 e. The standard InChI is InChI=1S/C21H50NO5PSSi4.C18H40NO5PSSi3.C9H19NO5S/c1-15(24-30(3,4)5)16(22-28)17-18(25-31(6,7)8)19(26-32(9,10)11)20(21(23-17)29-2)27-33(12,13)14;1-12(20)13(19-25)14-15(22-27(3,4)5)16(23-28(6,7)8)17(18(21-14)26-2)24-29(9,10)11;1-3(11)4(10)8-6(13)5(12)7(14)9(15-8)16-2/h15-21,28H,1-14H3;13-18,25H,1-11H3;3-9,11-14H,10H2,1-2H3/t15-,16-,17-,18+,19-,20-,21-;13-,14-,15+,16-,17-,18-;3-,4-,5+,6-,7-,8-,9-/m111/s1. The van der Waals surface area contributed by atoms with E-state index in [-0.39, 0.29) is 65.4 Å². The lowest BCUT2D eigenvalue weighted by Crippen LogP contribution is -2.67. The van der Waals surface area contributed by atoms with Gasteiger partial charge in [-0.2, -0.15) is 0 Å². The van der Waals surface area contributed by atoms with Crippen LogP contribution in [0.2, 0.25) is 137 Å². The number of nitrogens with zero attached hydrogens (tertiary/aromatic N) is 2. The topological polar surface area (TPSA) is 241 Å². The van der Waals surface area contributed by atoms with Gasteiger partial charge < -0.3 is 71.4 Å². The molecule has 30 heteroatoms. The molecular formula is C48H109N3O15P2S3Si7. The van der Waals surface area contributed by atoms with Crippen molar-refractivity contribution in [1.29, 1.82) is 0 Å². The Morgan fingerprint density at radius 1 is 0.487 bits per heavy atom. The molecule has 20 atom stereocenters. The summed E-state index contributed by atoms with van der Waals surface area (Å²) in [5.74, 6) is -0.0645. The number of nitrogens with two attached hydrogens (primary N) is 1. The van der Waals surface area contributed by atoms with Crippen molar-refractivity contribution in [3.05, 3.63) is 0 Å². The van der Waals surface area contributed by atoms with E-state index in [1.54, 1.807) is 29.8 Å². The Morgan fingerprint density at radius 3 is 1.10 bits per heavy atom. The molecule has 18 nitrogen and oxygen atoms in total. The molecule has 0 aromatic heterocycles. The SMILES string of the molecule is CS[C@H]1O[C@H]([C@H](N)[C@@H](C)O)[C@H](O)[C@H](O)[C@H]1O.CS[C@H]1O[C@H]([C@H](N=P)C(C)=O)[C@H](O[Si](C)(C)C)[C@@H](O[Si](C)(C)C)[C@H]1O[Si](C)(C)C.CS[C@H]1O[C@H]([C@H](N=P)[C@@H](C)O[Si](C)(C)C)[C@H](O[Si](C)(C)C)[C@@H](O[Si](C)(C)C)[C@H]1O[Si](C)(C)C. The van der Waals surface area contributed by atoms with Crippen molar-refractivity contribution in [2.24, 2.45) is 15.2 Å². The highest BCUT2D eigenvalue weighted by atomic mass is 32.2. The van der Waals surface area contributed by atoms with Gasteiger partial charge in [0.15, 0.2) is 64.0 Å². The zero-order chi connectivity index (χ0) is 61.2. The zero-order valence-corrected chi connectivity index (χ0v) is 64.0. The molecule has 0 unspecified atom stereocenters. The van der Waals surface area contributed by atoms with E-state index in [1.165, 1.54) is 25.6 Å². The number of carbonyl (C=O) groups is 1. The van der Waals surface area contributed by atoms with Crippen LogP contribution in [-0.4, -0.2) is 223 Å². The summed E-state index contributed by atoms with van der Waals surface area (Å²) in [6.45, 7) is 51.1. The molecule has 3 saturated heterocycles. The van der Waals surface area contributed by atoms with Crippen LogP contribution in [-0.2, 0) is 50.0 Å². The first-order valence-corrected chi connectivity index (χ1v) is 55.7. The van der Waals surface area contributed by atoms with Crippen molar-refractivity contribution in [3.8, 4) is 0 Å². The maximum absolute atomic E-state index is 12.4. The molecule has 0 aromatic rings. The highest BCUT2D eigenvalue weighted by Crippen LogP contribution is 2.41. The minimum atomic E-state index is -1.98. The summed E-state index contributed by atoms with van der Waals surface area (Å²) in [7, 11) is -6.63. The molecule has 0 radical (unpaired) electrons. The van der Waals surface area contributed by atoms with E-state index in [9.17, 15) is 25.2 Å². The number of ether oxygens (including phenoxy) is 3. The number of carbonyl (C=O) groups excluding carboxylic acids is 1. The molecule has 6 N–H and O–H groups in total. The van der Waals surface area contributed by atoms with Gasteiger partial charge in [-0.25, -0.2) is 0 Å². The maximum atomic E-state index is 12.4. The van der Waals surface area contributed by atoms with Crippen LogP contribution in [0.1, 0.15) is 20.8 Å². The molecule has 0 amide bonds. The third kappa shape index (κ3) is 26.8. The van der Waals surface area contributed by atoms with Gasteiger partial charge in [0.2, 0.25) is 0 Å². The van der Waals surface area contributed by atoms with E-state index in [4.69, 9.17) is 50.9 Å². The molecule has 3 heterocycles. The molecule has 3 aliphatic heterocycles. The van der Waals surface area contributed by atoms with Crippen molar-refractivity contribution in [1.82, 2.24) is 0 Å². The number of Topliss-reactive ketones (excluding diaryl/α,β-unsaturated/α-hetero) is 1. The quantitative estimate of drug-likeness (QED) is 0.0422. The van der Waals surface area contributed by atoms with Gasteiger partial charge in [-0.1, -0.05) is 0 Å². The van der Waals surface area contributed by atoms with Crippen molar-refractivity contribution in [2.75, 3.05) is 18.8 Å². The fraction of sp³-hybridized carbons (Fsp3) is 0.979. The Bertz CT molecular complexity index is 1830. The van der Waals surface area contributed by atoms with Gasteiger partial charge >= 0.3 is 0 Å².